The summed E-state index contributed by atoms with van der Waals surface area (Å²) in [5, 5.41) is 15.6. The van der Waals surface area contributed by atoms with E-state index < -0.39 is 6.10 Å². The van der Waals surface area contributed by atoms with Crippen LogP contribution in [0.3, 0.4) is 0 Å². The molecular formula is C15H22N2O2. The molecule has 0 aromatic heterocycles. The van der Waals surface area contributed by atoms with E-state index in [2.05, 4.69) is 10.6 Å². The number of hydrogen-bond donors (Lipinski definition) is 3. The number of hydrogen-bond acceptors (Lipinski definition) is 2. The van der Waals surface area contributed by atoms with Gasteiger partial charge in [0.1, 0.15) is 0 Å². The Morgan fingerprint density at radius 2 is 2.00 bits per heavy atom. The number of benzene rings is 1. The first-order chi connectivity index (χ1) is 9.06. The van der Waals surface area contributed by atoms with Gasteiger partial charge in [-0.1, -0.05) is 29.8 Å². The molecule has 0 heterocycles. The fourth-order valence-electron chi connectivity index (χ4n) is 2.07. The third kappa shape index (κ3) is 4.24. The third-order valence-electron chi connectivity index (χ3n) is 3.61. The van der Waals surface area contributed by atoms with Gasteiger partial charge in [-0.15, -0.1) is 0 Å². The maximum atomic E-state index is 11.6. The highest BCUT2D eigenvalue weighted by Gasteiger charge is 2.28. The van der Waals surface area contributed by atoms with Gasteiger partial charge in [0.15, 0.2) is 0 Å². The minimum atomic E-state index is -0.664. The molecule has 1 aliphatic rings. The highest BCUT2D eigenvalue weighted by Crippen LogP contribution is 2.32. The van der Waals surface area contributed by atoms with Gasteiger partial charge < -0.3 is 15.7 Å². The van der Waals surface area contributed by atoms with Crippen LogP contribution < -0.4 is 10.6 Å². The number of urea groups is 1. The molecule has 2 rings (SSSR count). The fraction of sp³-hybridized carbons (Fsp3) is 0.533. The summed E-state index contributed by atoms with van der Waals surface area (Å²) in [6.45, 7) is 4.25. The number of aryl methyl sites for hydroxylation is 1. The van der Waals surface area contributed by atoms with E-state index in [-0.39, 0.29) is 18.6 Å². The Morgan fingerprint density at radius 1 is 1.37 bits per heavy atom. The molecule has 4 nitrogen and oxygen atoms in total. The molecule has 1 aromatic carbocycles. The summed E-state index contributed by atoms with van der Waals surface area (Å²) in [7, 11) is 0. The molecular weight excluding hydrogens is 240 g/mol. The predicted molar refractivity (Wildman–Crippen MR) is 74.9 cm³/mol. The van der Waals surface area contributed by atoms with Crippen LogP contribution in [-0.4, -0.2) is 23.7 Å². The van der Waals surface area contributed by atoms with Crippen LogP contribution in [0.4, 0.5) is 4.79 Å². The number of nitrogens with one attached hydrogen (secondary N) is 2. The minimum Gasteiger partial charge on any atom is -0.387 e. The largest absolute Gasteiger partial charge is 0.387 e. The van der Waals surface area contributed by atoms with E-state index >= 15 is 0 Å². The van der Waals surface area contributed by atoms with Gasteiger partial charge in [-0.2, -0.15) is 0 Å². The molecule has 0 bridgehead atoms. The normalized spacial score (nSPS) is 17.6. The summed E-state index contributed by atoms with van der Waals surface area (Å²) in [6.07, 6.45) is 1.74. The first kappa shape index (κ1) is 13.9. The first-order valence-corrected chi connectivity index (χ1v) is 6.85. The first-order valence-electron chi connectivity index (χ1n) is 6.85. The van der Waals surface area contributed by atoms with Gasteiger partial charge in [-0.3, -0.25) is 0 Å². The Bertz CT molecular complexity index is 426. The Hall–Kier alpha value is -1.55. The van der Waals surface area contributed by atoms with E-state index in [0.29, 0.717) is 5.92 Å². The van der Waals surface area contributed by atoms with Crippen LogP contribution in [0.1, 0.15) is 37.0 Å². The molecule has 0 radical (unpaired) electrons. The van der Waals surface area contributed by atoms with Crippen LogP contribution in [0, 0.1) is 12.8 Å². The summed E-state index contributed by atoms with van der Waals surface area (Å²) in [5.41, 5.74) is 1.97. The second kappa shape index (κ2) is 6.06. The molecule has 2 atom stereocenters. The Balaban J connectivity index is 1.74. The molecule has 0 unspecified atom stereocenters. The summed E-state index contributed by atoms with van der Waals surface area (Å²) >= 11 is 0. The van der Waals surface area contributed by atoms with Gasteiger partial charge in [0, 0.05) is 12.6 Å². The SMILES string of the molecule is Cc1ccc([C@H](O)CNC(=O)N[C@@H](C)C2CC2)cc1. The van der Waals surface area contributed by atoms with E-state index in [1.807, 2.05) is 38.1 Å². The van der Waals surface area contributed by atoms with Crippen LogP contribution in [0.2, 0.25) is 0 Å². The molecule has 0 saturated heterocycles. The van der Waals surface area contributed by atoms with Crippen molar-refractivity contribution in [3.8, 4) is 0 Å². The Kier molecular flexibility index (Phi) is 4.43. The number of aliphatic hydroxyl groups excluding tert-OH is 1. The highest BCUT2D eigenvalue weighted by atomic mass is 16.3. The number of amides is 2. The van der Waals surface area contributed by atoms with Gasteiger partial charge in [-0.05, 0) is 38.2 Å². The number of rotatable bonds is 5. The van der Waals surface area contributed by atoms with Crippen molar-refractivity contribution in [3.05, 3.63) is 35.4 Å². The van der Waals surface area contributed by atoms with Gasteiger partial charge in [0.2, 0.25) is 0 Å². The van der Waals surface area contributed by atoms with E-state index in [9.17, 15) is 9.90 Å². The molecule has 19 heavy (non-hydrogen) atoms. The average Bonchev–Trinajstić information content (AvgIpc) is 3.21. The molecule has 1 aromatic rings. The zero-order valence-electron chi connectivity index (χ0n) is 11.5. The Labute approximate surface area is 114 Å². The van der Waals surface area contributed by atoms with E-state index in [4.69, 9.17) is 0 Å². The van der Waals surface area contributed by atoms with Crippen LogP contribution >= 0.6 is 0 Å². The molecule has 0 aliphatic heterocycles. The third-order valence-corrected chi connectivity index (χ3v) is 3.61. The number of carbonyl (C=O) groups excluding carboxylic acids is 1. The summed E-state index contributed by atoms with van der Waals surface area (Å²) in [6, 6.07) is 7.68. The lowest BCUT2D eigenvalue weighted by Gasteiger charge is -2.16. The molecule has 1 aliphatic carbocycles. The maximum absolute atomic E-state index is 11.6. The molecule has 1 saturated carbocycles. The molecule has 1 fully saturated rings. The number of carbonyl (C=O) groups is 1. The average molecular weight is 262 g/mol. The number of aliphatic hydroxyl groups is 1. The van der Waals surface area contributed by atoms with Crippen LogP contribution in [0.5, 0.6) is 0 Å². The van der Waals surface area contributed by atoms with Crippen molar-refractivity contribution < 1.29 is 9.90 Å². The fourth-order valence-corrected chi connectivity index (χ4v) is 2.07. The molecule has 104 valence electrons. The lowest BCUT2D eigenvalue weighted by molar-refractivity contribution is 0.172. The van der Waals surface area contributed by atoms with Crippen molar-refractivity contribution in [2.24, 2.45) is 5.92 Å². The molecule has 3 N–H and O–H groups in total. The molecule has 2 amide bonds. The standard InChI is InChI=1S/C15H22N2O2/c1-10-3-5-13(6-4-10)14(18)9-16-15(19)17-11(2)12-7-8-12/h3-6,11-12,14,18H,7-9H2,1-2H3,(H2,16,17,19)/t11-,14+/m0/s1. The van der Waals surface area contributed by atoms with Crippen molar-refractivity contribution in [3.63, 3.8) is 0 Å². The van der Waals surface area contributed by atoms with Crippen molar-refractivity contribution in [2.75, 3.05) is 6.54 Å². The topological polar surface area (TPSA) is 61.4 Å². The van der Waals surface area contributed by atoms with Crippen molar-refractivity contribution in [1.29, 1.82) is 0 Å². The lowest BCUT2D eigenvalue weighted by Crippen LogP contribution is -2.43. The maximum Gasteiger partial charge on any atom is 0.315 e. The predicted octanol–water partition coefficient (Wildman–Crippen LogP) is 2.13. The van der Waals surface area contributed by atoms with Crippen LogP contribution in [0.25, 0.3) is 0 Å². The van der Waals surface area contributed by atoms with Gasteiger partial charge in [0.05, 0.1) is 6.10 Å². The Morgan fingerprint density at radius 3 is 2.58 bits per heavy atom. The summed E-state index contributed by atoms with van der Waals surface area (Å²) < 4.78 is 0. The van der Waals surface area contributed by atoms with Gasteiger partial charge in [0.25, 0.3) is 0 Å². The molecule has 4 heteroatoms. The zero-order chi connectivity index (χ0) is 13.8. The second-order valence-corrected chi connectivity index (χ2v) is 5.41. The van der Waals surface area contributed by atoms with Crippen LogP contribution in [0.15, 0.2) is 24.3 Å². The highest BCUT2D eigenvalue weighted by molar-refractivity contribution is 5.74. The van der Waals surface area contributed by atoms with Crippen molar-refractivity contribution >= 4 is 6.03 Å². The van der Waals surface area contributed by atoms with Gasteiger partial charge in [-0.25, -0.2) is 4.79 Å². The minimum absolute atomic E-state index is 0.203. The van der Waals surface area contributed by atoms with Gasteiger partial charge >= 0.3 is 6.03 Å². The molecule has 0 spiro atoms. The summed E-state index contributed by atoms with van der Waals surface area (Å²) in [4.78, 5) is 11.6. The van der Waals surface area contributed by atoms with E-state index in [1.54, 1.807) is 0 Å². The van der Waals surface area contributed by atoms with E-state index in [1.165, 1.54) is 12.8 Å². The lowest BCUT2D eigenvalue weighted by atomic mass is 10.1. The van der Waals surface area contributed by atoms with E-state index in [0.717, 1.165) is 11.1 Å². The second-order valence-electron chi connectivity index (χ2n) is 5.41. The van der Waals surface area contributed by atoms with Crippen molar-refractivity contribution in [2.45, 2.75) is 38.8 Å². The zero-order valence-corrected chi connectivity index (χ0v) is 11.5. The van der Waals surface area contributed by atoms with Crippen LogP contribution in [-0.2, 0) is 0 Å². The van der Waals surface area contributed by atoms with Crippen molar-refractivity contribution in [1.82, 2.24) is 10.6 Å². The monoisotopic (exact) mass is 262 g/mol. The quantitative estimate of drug-likeness (QED) is 0.761. The smallest absolute Gasteiger partial charge is 0.315 e. The summed E-state index contributed by atoms with van der Waals surface area (Å²) in [5.74, 6) is 0.632.